The van der Waals surface area contributed by atoms with Gasteiger partial charge in [0, 0.05) is 66.0 Å². The molecule has 2 aromatic rings. The maximum Gasteiger partial charge on any atom is 0.0542 e. The second kappa shape index (κ2) is 4.83. The Morgan fingerprint density at radius 2 is 2.25 bits per heavy atom. The van der Waals surface area contributed by atoms with Gasteiger partial charge in [-0.25, -0.2) is 0 Å². The van der Waals surface area contributed by atoms with E-state index in [1.807, 2.05) is 24.0 Å². The van der Waals surface area contributed by atoms with Crippen molar-refractivity contribution in [2.24, 2.45) is 7.05 Å². The van der Waals surface area contributed by atoms with Crippen molar-refractivity contribution >= 4 is 29.2 Å². The van der Waals surface area contributed by atoms with E-state index in [-0.39, 0.29) is 0 Å². The number of nitrogen functional groups attached to an aromatic ring is 1. The number of aromatic nitrogens is 2. The zero-order chi connectivity index (χ0) is 14.3. The van der Waals surface area contributed by atoms with Crippen molar-refractivity contribution < 1.29 is 0 Å². The van der Waals surface area contributed by atoms with Crippen LogP contribution in [0.15, 0.2) is 18.3 Å². The van der Waals surface area contributed by atoms with E-state index in [2.05, 4.69) is 10.00 Å². The monoisotopic (exact) mass is 289 g/mol. The van der Waals surface area contributed by atoms with E-state index < -0.39 is 0 Å². The Bertz CT molecular complexity index is 676. The molecule has 0 bridgehead atoms. The highest BCUT2D eigenvalue weighted by molar-refractivity contribution is 6.31. The summed E-state index contributed by atoms with van der Waals surface area (Å²) in [7, 11) is 1.97. The molecule has 3 rings (SSSR count). The molecule has 0 atom stereocenters. The first kappa shape index (κ1) is 13.0. The minimum absolute atomic E-state index is 0.541. The molecule has 6 heteroatoms. The average molecular weight is 290 g/mol. The Labute approximate surface area is 122 Å². The number of nitrogens with one attached hydrogen (secondary N) is 1. The quantitative estimate of drug-likeness (QED) is 0.658. The standard InChI is InChI=1S/C14H16ClN5/c1-19-13-2-3-20(8-9(13)7-18-19)14-5-10(15)4-12(17)11(14)6-16/h4-7,16H,2-3,8,17H2,1H3. The van der Waals surface area contributed by atoms with Crippen LogP contribution in [0, 0.1) is 5.41 Å². The highest BCUT2D eigenvalue weighted by Gasteiger charge is 2.22. The second-order valence-corrected chi connectivity index (χ2v) is 5.42. The summed E-state index contributed by atoms with van der Waals surface area (Å²) in [4.78, 5) is 2.20. The molecule has 0 aliphatic carbocycles. The number of anilines is 2. The summed E-state index contributed by atoms with van der Waals surface area (Å²) >= 11 is 6.10. The third-order valence-corrected chi connectivity index (χ3v) is 3.99. The predicted molar refractivity (Wildman–Crippen MR) is 81.7 cm³/mol. The van der Waals surface area contributed by atoms with Crippen molar-refractivity contribution in [1.82, 2.24) is 9.78 Å². The Kier molecular flexibility index (Phi) is 3.14. The summed E-state index contributed by atoms with van der Waals surface area (Å²) in [6.45, 7) is 1.64. The minimum Gasteiger partial charge on any atom is -0.398 e. The molecule has 5 nitrogen and oxygen atoms in total. The number of hydrogen-bond donors (Lipinski definition) is 2. The van der Waals surface area contributed by atoms with Crippen molar-refractivity contribution in [3.8, 4) is 0 Å². The topological polar surface area (TPSA) is 70.9 Å². The van der Waals surface area contributed by atoms with Crippen molar-refractivity contribution in [2.75, 3.05) is 17.2 Å². The molecule has 20 heavy (non-hydrogen) atoms. The zero-order valence-corrected chi connectivity index (χ0v) is 12.0. The summed E-state index contributed by atoms with van der Waals surface area (Å²) in [5, 5.41) is 12.5. The van der Waals surface area contributed by atoms with Crippen LogP contribution in [0.25, 0.3) is 0 Å². The third-order valence-electron chi connectivity index (χ3n) is 3.77. The maximum atomic E-state index is 7.57. The van der Waals surface area contributed by atoms with Gasteiger partial charge in [0.15, 0.2) is 0 Å². The number of nitrogens with zero attached hydrogens (tertiary/aromatic N) is 3. The molecule has 1 aromatic carbocycles. The van der Waals surface area contributed by atoms with E-state index >= 15 is 0 Å². The number of rotatable bonds is 2. The fourth-order valence-corrected chi connectivity index (χ4v) is 2.96. The Morgan fingerprint density at radius 1 is 1.45 bits per heavy atom. The normalized spacial score (nSPS) is 14.2. The molecule has 0 radical (unpaired) electrons. The van der Waals surface area contributed by atoms with Crippen LogP contribution in [0.2, 0.25) is 5.02 Å². The van der Waals surface area contributed by atoms with E-state index in [1.54, 1.807) is 6.07 Å². The molecule has 1 aromatic heterocycles. The minimum atomic E-state index is 0.541. The van der Waals surface area contributed by atoms with Crippen LogP contribution in [0.4, 0.5) is 11.4 Å². The van der Waals surface area contributed by atoms with Crippen molar-refractivity contribution in [2.45, 2.75) is 13.0 Å². The Balaban J connectivity index is 2.01. The predicted octanol–water partition coefficient (Wildman–Crippen LogP) is 2.22. The van der Waals surface area contributed by atoms with Gasteiger partial charge < -0.3 is 16.0 Å². The Hall–Kier alpha value is -2.01. The first-order valence-electron chi connectivity index (χ1n) is 6.44. The maximum absolute atomic E-state index is 7.57. The van der Waals surface area contributed by atoms with Crippen LogP contribution in [-0.2, 0) is 20.0 Å². The van der Waals surface area contributed by atoms with Crippen molar-refractivity contribution in [3.05, 3.63) is 40.2 Å². The van der Waals surface area contributed by atoms with Crippen LogP contribution in [-0.4, -0.2) is 22.5 Å². The van der Waals surface area contributed by atoms with Gasteiger partial charge >= 0.3 is 0 Å². The molecule has 0 amide bonds. The van der Waals surface area contributed by atoms with Gasteiger partial charge in [0.25, 0.3) is 0 Å². The highest BCUT2D eigenvalue weighted by Crippen LogP contribution is 2.32. The smallest absolute Gasteiger partial charge is 0.0542 e. The SMILES string of the molecule is Cn1ncc2c1CCN(c1cc(Cl)cc(N)c1C=N)C2. The molecule has 0 spiro atoms. The van der Waals surface area contributed by atoms with E-state index in [1.165, 1.54) is 17.5 Å². The lowest BCUT2D eigenvalue weighted by Gasteiger charge is -2.30. The second-order valence-electron chi connectivity index (χ2n) is 4.98. The van der Waals surface area contributed by atoms with Gasteiger partial charge in [-0.15, -0.1) is 0 Å². The van der Waals surface area contributed by atoms with Gasteiger partial charge in [-0.05, 0) is 12.1 Å². The molecule has 1 aliphatic rings. The molecular formula is C14H16ClN5. The molecule has 104 valence electrons. The van der Waals surface area contributed by atoms with Gasteiger partial charge in [0.1, 0.15) is 0 Å². The number of benzene rings is 1. The molecular weight excluding hydrogens is 274 g/mol. The van der Waals surface area contributed by atoms with Crippen LogP contribution in [0.5, 0.6) is 0 Å². The Morgan fingerprint density at radius 3 is 3.00 bits per heavy atom. The molecule has 3 N–H and O–H groups in total. The van der Waals surface area contributed by atoms with Gasteiger partial charge in [0.2, 0.25) is 0 Å². The van der Waals surface area contributed by atoms with E-state index in [9.17, 15) is 0 Å². The summed E-state index contributed by atoms with van der Waals surface area (Å²) < 4.78 is 1.93. The largest absolute Gasteiger partial charge is 0.398 e. The molecule has 2 heterocycles. The lowest BCUT2D eigenvalue weighted by atomic mass is 10.0. The fourth-order valence-electron chi connectivity index (χ4n) is 2.74. The molecule has 0 saturated heterocycles. The van der Waals surface area contributed by atoms with Gasteiger partial charge in [-0.2, -0.15) is 5.10 Å². The lowest BCUT2D eigenvalue weighted by Crippen LogP contribution is -2.31. The van der Waals surface area contributed by atoms with Crippen LogP contribution in [0.3, 0.4) is 0 Å². The van der Waals surface area contributed by atoms with Crippen LogP contribution in [0.1, 0.15) is 16.8 Å². The molecule has 0 unspecified atom stereocenters. The number of halogens is 1. The zero-order valence-electron chi connectivity index (χ0n) is 11.2. The number of nitrogens with two attached hydrogens (primary N) is 1. The van der Waals surface area contributed by atoms with E-state index in [4.69, 9.17) is 22.7 Å². The number of aryl methyl sites for hydroxylation is 1. The molecule has 1 aliphatic heterocycles. The average Bonchev–Trinajstić information content (AvgIpc) is 2.79. The summed E-state index contributed by atoms with van der Waals surface area (Å²) in [5.41, 5.74) is 10.6. The number of hydrogen-bond acceptors (Lipinski definition) is 4. The van der Waals surface area contributed by atoms with Crippen LogP contribution >= 0.6 is 11.6 Å². The van der Waals surface area contributed by atoms with E-state index in [0.717, 1.165) is 30.8 Å². The molecule has 0 saturated carbocycles. The highest BCUT2D eigenvalue weighted by atomic mass is 35.5. The van der Waals surface area contributed by atoms with Crippen molar-refractivity contribution in [3.63, 3.8) is 0 Å². The number of fused-ring (bicyclic) bond motifs is 1. The lowest BCUT2D eigenvalue weighted by molar-refractivity contribution is 0.656. The van der Waals surface area contributed by atoms with E-state index in [0.29, 0.717) is 10.7 Å². The molecule has 0 fully saturated rings. The first-order chi connectivity index (χ1) is 9.60. The van der Waals surface area contributed by atoms with Gasteiger partial charge in [0.05, 0.1) is 6.20 Å². The fraction of sp³-hybridized carbons (Fsp3) is 0.286. The third kappa shape index (κ3) is 2.04. The summed E-state index contributed by atoms with van der Waals surface area (Å²) in [6, 6.07) is 3.56. The van der Waals surface area contributed by atoms with Gasteiger partial charge in [-0.1, -0.05) is 11.6 Å². The summed E-state index contributed by atoms with van der Waals surface area (Å²) in [6.07, 6.45) is 4.12. The first-order valence-corrected chi connectivity index (χ1v) is 6.82. The summed E-state index contributed by atoms with van der Waals surface area (Å²) in [5.74, 6) is 0. The van der Waals surface area contributed by atoms with Gasteiger partial charge in [-0.3, -0.25) is 4.68 Å². The van der Waals surface area contributed by atoms with Crippen LogP contribution < -0.4 is 10.6 Å². The van der Waals surface area contributed by atoms with Crippen molar-refractivity contribution in [1.29, 1.82) is 5.41 Å².